The number of rotatable bonds is 6. The molecule has 0 bridgehead atoms. The Morgan fingerprint density at radius 2 is 1.90 bits per heavy atom. The SMILES string of the molecule is CC(=O)Nc1ccc(SCCOc2ccccc2F)cc1. The van der Waals surface area contributed by atoms with Gasteiger partial charge in [-0.3, -0.25) is 4.79 Å². The van der Waals surface area contributed by atoms with Gasteiger partial charge in [-0.15, -0.1) is 11.8 Å². The molecular formula is C16H16FNO2S. The number of nitrogens with one attached hydrogen (secondary N) is 1. The molecule has 2 rings (SSSR count). The molecule has 0 unspecified atom stereocenters. The molecule has 0 atom stereocenters. The van der Waals surface area contributed by atoms with E-state index in [0.29, 0.717) is 12.4 Å². The number of carbonyl (C=O) groups excluding carboxylic acids is 1. The summed E-state index contributed by atoms with van der Waals surface area (Å²) in [5.74, 6) is 0.559. The second-order valence-corrected chi connectivity index (χ2v) is 5.50. The fraction of sp³-hybridized carbons (Fsp3) is 0.188. The zero-order valence-electron chi connectivity index (χ0n) is 11.6. The van der Waals surface area contributed by atoms with E-state index in [1.54, 1.807) is 30.0 Å². The van der Waals surface area contributed by atoms with E-state index in [0.717, 1.165) is 10.6 Å². The minimum Gasteiger partial charge on any atom is -0.490 e. The van der Waals surface area contributed by atoms with E-state index in [9.17, 15) is 9.18 Å². The Balaban J connectivity index is 1.76. The minimum absolute atomic E-state index is 0.0892. The smallest absolute Gasteiger partial charge is 0.221 e. The number of amides is 1. The van der Waals surface area contributed by atoms with E-state index in [-0.39, 0.29) is 17.5 Å². The average molecular weight is 305 g/mol. The predicted molar refractivity (Wildman–Crippen MR) is 83.4 cm³/mol. The number of hydrogen-bond donors (Lipinski definition) is 1. The standard InChI is InChI=1S/C16H16FNO2S/c1-12(19)18-13-6-8-14(9-7-13)21-11-10-20-16-5-3-2-4-15(16)17/h2-9H,10-11H2,1H3,(H,18,19). The molecule has 0 saturated carbocycles. The molecule has 2 aromatic rings. The molecule has 0 aliphatic carbocycles. The number of ether oxygens (including phenoxy) is 1. The Morgan fingerprint density at radius 1 is 1.19 bits per heavy atom. The van der Waals surface area contributed by atoms with Gasteiger partial charge in [0.15, 0.2) is 11.6 Å². The van der Waals surface area contributed by atoms with Gasteiger partial charge in [-0.1, -0.05) is 12.1 Å². The van der Waals surface area contributed by atoms with Gasteiger partial charge < -0.3 is 10.1 Å². The first-order valence-electron chi connectivity index (χ1n) is 6.53. The summed E-state index contributed by atoms with van der Waals surface area (Å²) >= 11 is 1.61. The van der Waals surface area contributed by atoms with Gasteiger partial charge in [0.05, 0.1) is 6.61 Å². The fourth-order valence-electron chi connectivity index (χ4n) is 1.71. The molecule has 2 aromatic carbocycles. The van der Waals surface area contributed by atoms with E-state index < -0.39 is 0 Å². The van der Waals surface area contributed by atoms with Crippen LogP contribution in [0.4, 0.5) is 10.1 Å². The minimum atomic E-state index is -0.345. The lowest BCUT2D eigenvalue weighted by atomic mass is 10.3. The molecular weight excluding hydrogens is 289 g/mol. The van der Waals surface area contributed by atoms with Gasteiger partial charge in [-0.05, 0) is 36.4 Å². The third kappa shape index (κ3) is 5.11. The van der Waals surface area contributed by atoms with Crippen LogP contribution in [0, 0.1) is 5.82 Å². The Hall–Kier alpha value is -2.01. The maximum atomic E-state index is 13.3. The lowest BCUT2D eigenvalue weighted by molar-refractivity contribution is -0.114. The number of carbonyl (C=O) groups is 1. The lowest BCUT2D eigenvalue weighted by Gasteiger charge is -2.07. The van der Waals surface area contributed by atoms with Crippen LogP contribution in [0.5, 0.6) is 5.75 Å². The van der Waals surface area contributed by atoms with E-state index in [1.807, 2.05) is 24.3 Å². The van der Waals surface area contributed by atoms with Crippen LogP contribution >= 0.6 is 11.8 Å². The topological polar surface area (TPSA) is 38.3 Å². The van der Waals surface area contributed by atoms with Crippen molar-refractivity contribution >= 4 is 23.4 Å². The summed E-state index contributed by atoms with van der Waals surface area (Å²) in [6, 6.07) is 13.9. The van der Waals surface area contributed by atoms with E-state index in [2.05, 4.69) is 5.32 Å². The fourth-order valence-corrected chi connectivity index (χ4v) is 2.44. The maximum absolute atomic E-state index is 13.3. The number of hydrogen-bond acceptors (Lipinski definition) is 3. The van der Waals surface area contributed by atoms with Gasteiger partial charge in [0, 0.05) is 23.3 Å². The van der Waals surface area contributed by atoms with E-state index >= 15 is 0 Å². The van der Waals surface area contributed by atoms with Crippen LogP contribution in [0.1, 0.15) is 6.92 Å². The third-order valence-electron chi connectivity index (χ3n) is 2.62. The summed E-state index contributed by atoms with van der Waals surface area (Å²) in [6.45, 7) is 1.90. The molecule has 1 amide bonds. The third-order valence-corrected chi connectivity index (χ3v) is 3.60. The van der Waals surface area contributed by atoms with Crippen molar-refractivity contribution in [2.24, 2.45) is 0 Å². The molecule has 0 aliphatic heterocycles. The van der Waals surface area contributed by atoms with Crippen LogP contribution < -0.4 is 10.1 Å². The number of anilines is 1. The van der Waals surface area contributed by atoms with Crippen molar-refractivity contribution < 1.29 is 13.9 Å². The number of benzene rings is 2. The van der Waals surface area contributed by atoms with Crippen LogP contribution in [0.3, 0.4) is 0 Å². The second-order valence-electron chi connectivity index (χ2n) is 4.33. The van der Waals surface area contributed by atoms with Crippen LogP contribution in [0.25, 0.3) is 0 Å². The summed E-state index contributed by atoms with van der Waals surface area (Å²) in [4.78, 5) is 12.0. The van der Waals surface area contributed by atoms with Crippen molar-refractivity contribution in [3.05, 3.63) is 54.3 Å². The van der Waals surface area contributed by atoms with Crippen molar-refractivity contribution in [3.63, 3.8) is 0 Å². The average Bonchev–Trinajstić information content (AvgIpc) is 2.46. The lowest BCUT2D eigenvalue weighted by Crippen LogP contribution is -2.05. The summed E-state index contributed by atoms with van der Waals surface area (Å²) in [5, 5.41) is 2.71. The van der Waals surface area contributed by atoms with Crippen molar-refractivity contribution in [3.8, 4) is 5.75 Å². The largest absolute Gasteiger partial charge is 0.490 e. The first-order valence-corrected chi connectivity index (χ1v) is 7.51. The zero-order valence-corrected chi connectivity index (χ0v) is 12.5. The molecule has 0 saturated heterocycles. The molecule has 0 fully saturated rings. The van der Waals surface area contributed by atoms with Crippen LogP contribution in [-0.2, 0) is 4.79 Å². The first-order chi connectivity index (χ1) is 10.1. The molecule has 0 aliphatic rings. The highest BCUT2D eigenvalue weighted by molar-refractivity contribution is 7.99. The van der Waals surface area contributed by atoms with Gasteiger partial charge in [0.2, 0.25) is 5.91 Å². The molecule has 0 radical (unpaired) electrons. The van der Waals surface area contributed by atoms with Crippen LogP contribution in [-0.4, -0.2) is 18.3 Å². The highest BCUT2D eigenvalue weighted by Gasteiger charge is 2.01. The Bertz CT molecular complexity index is 601. The van der Waals surface area contributed by atoms with E-state index in [1.165, 1.54) is 13.0 Å². The molecule has 0 spiro atoms. The quantitative estimate of drug-likeness (QED) is 0.648. The summed E-state index contributed by atoms with van der Waals surface area (Å²) in [6.07, 6.45) is 0. The Labute approximate surface area is 127 Å². The molecule has 21 heavy (non-hydrogen) atoms. The van der Waals surface area contributed by atoms with Crippen LogP contribution in [0.2, 0.25) is 0 Å². The Morgan fingerprint density at radius 3 is 2.57 bits per heavy atom. The van der Waals surface area contributed by atoms with Gasteiger partial charge in [-0.2, -0.15) is 0 Å². The van der Waals surface area contributed by atoms with Crippen molar-refractivity contribution in [2.45, 2.75) is 11.8 Å². The van der Waals surface area contributed by atoms with E-state index in [4.69, 9.17) is 4.74 Å². The van der Waals surface area contributed by atoms with Gasteiger partial charge in [0.1, 0.15) is 0 Å². The molecule has 1 N–H and O–H groups in total. The normalized spacial score (nSPS) is 10.2. The molecule has 110 valence electrons. The second kappa shape index (κ2) is 7.69. The van der Waals surface area contributed by atoms with Crippen molar-refractivity contribution in [1.82, 2.24) is 0 Å². The highest BCUT2D eigenvalue weighted by atomic mass is 32.2. The summed E-state index contributed by atoms with van der Waals surface area (Å²) in [7, 11) is 0. The van der Waals surface area contributed by atoms with Crippen LogP contribution in [0.15, 0.2) is 53.4 Å². The molecule has 3 nitrogen and oxygen atoms in total. The molecule has 0 aromatic heterocycles. The maximum Gasteiger partial charge on any atom is 0.221 e. The predicted octanol–water partition coefficient (Wildman–Crippen LogP) is 3.96. The monoisotopic (exact) mass is 305 g/mol. The van der Waals surface area contributed by atoms with Crippen molar-refractivity contribution in [1.29, 1.82) is 0 Å². The van der Waals surface area contributed by atoms with Gasteiger partial charge in [-0.25, -0.2) is 4.39 Å². The highest BCUT2D eigenvalue weighted by Crippen LogP contribution is 2.21. The summed E-state index contributed by atoms with van der Waals surface area (Å²) < 4.78 is 18.7. The first kappa shape index (κ1) is 15.4. The van der Waals surface area contributed by atoms with Gasteiger partial charge >= 0.3 is 0 Å². The number of halogens is 1. The van der Waals surface area contributed by atoms with Crippen molar-refractivity contribution in [2.75, 3.05) is 17.7 Å². The number of thioether (sulfide) groups is 1. The zero-order chi connectivity index (χ0) is 15.1. The molecule has 0 heterocycles. The van der Waals surface area contributed by atoms with Gasteiger partial charge in [0.25, 0.3) is 0 Å². The Kier molecular flexibility index (Phi) is 5.63. The molecule has 5 heteroatoms. The summed E-state index contributed by atoms with van der Waals surface area (Å²) in [5.41, 5.74) is 0.773. The number of para-hydroxylation sites is 1.